The number of hydrogen-bond donors (Lipinski definition) is 2. The molecule has 0 bridgehead atoms. The number of rotatable bonds is 5. The molecule has 2 atom stereocenters. The zero-order valence-corrected chi connectivity index (χ0v) is 7.60. The van der Waals surface area contributed by atoms with Gasteiger partial charge in [0, 0.05) is 5.75 Å². The molecule has 0 aromatic heterocycles. The van der Waals surface area contributed by atoms with E-state index in [1.54, 1.807) is 6.92 Å². The molecule has 0 fully saturated rings. The fourth-order valence-corrected chi connectivity index (χ4v) is 1.51. The van der Waals surface area contributed by atoms with Gasteiger partial charge >= 0.3 is 5.97 Å². The van der Waals surface area contributed by atoms with Crippen molar-refractivity contribution in [3.63, 3.8) is 0 Å². The van der Waals surface area contributed by atoms with Gasteiger partial charge in [-0.2, -0.15) is 0 Å². The molecule has 2 unspecified atom stereocenters. The van der Waals surface area contributed by atoms with Crippen molar-refractivity contribution in [1.29, 1.82) is 0 Å². The monoisotopic (exact) mass is 178 g/mol. The molecule has 0 saturated carbocycles. The summed E-state index contributed by atoms with van der Waals surface area (Å²) in [7, 11) is 0. The molecule has 0 rings (SSSR count). The average molecular weight is 178 g/mol. The van der Waals surface area contributed by atoms with Gasteiger partial charge in [0.2, 0.25) is 0 Å². The van der Waals surface area contributed by atoms with E-state index in [4.69, 9.17) is 10.2 Å². The molecule has 2 N–H and O–H groups in total. The van der Waals surface area contributed by atoms with E-state index in [0.717, 1.165) is 0 Å². The van der Waals surface area contributed by atoms with Gasteiger partial charge in [0.1, 0.15) is 5.25 Å². The van der Waals surface area contributed by atoms with Crippen LogP contribution in [-0.2, 0) is 4.79 Å². The van der Waals surface area contributed by atoms with Crippen LogP contribution in [-0.4, -0.2) is 33.3 Å². The summed E-state index contributed by atoms with van der Waals surface area (Å²) in [5.41, 5.74) is 0. The molecule has 3 nitrogen and oxygen atoms in total. The van der Waals surface area contributed by atoms with Crippen molar-refractivity contribution in [3.8, 4) is 0 Å². The van der Waals surface area contributed by atoms with Crippen LogP contribution in [0, 0.1) is 0 Å². The van der Waals surface area contributed by atoms with E-state index >= 15 is 0 Å². The number of aliphatic hydroxyl groups is 1. The molecule has 0 aliphatic carbocycles. The molecular formula is C7H14O3S. The van der Waals surface area contributed by atoms with E-state index in [1.165, 1.54) is 11.8 Å². The largest absolute Gasteiger partial charge is 0.480 e. The first-order chi connectivity index (χ1) is 5.07. The zero-order chi connectivity index (χ0) is 8.85. The molecule has 0 spiro atoms. The lowest BCUT2D eigenvalue weighted by molar-refractivity contribution is -0.136. The van der Waals surface area contributed by atoms with Crippen molar-refractivity contribution in [3.05, 3.63) is 0 Å². The van der Waals surface area contributed by atoms with Crippen LogP contribution >= 0.6 is 11.8 Å². The summed E-state index contributed by atoms with van der Waals surface area (Å²) in [5, 5.41) is 17.1. The topological polar surface area (TPSA) is 57.5 Å². The maximum absolute atomic E-state index is 10.4. The molecule has 0 radical (unpaired) electrons. The SMILES string of the molecule is CCC(SCC(C)O)C(=O)O. The number of hydrogen-bond acceptors (Lipinski definition) is 3. The Bertz CT molecular complexity index is 125. The van der Waals surface area contributed by atoms with Crippen LogP contribution in [0.1, 0.15) is 20.3 Å². The summed E-state index contributed by atoms with van der Waals surface area (Å²) >= 11 is 1.29. The maximum Gasteiger partial charge on any atom is 0.316 e. The van der Waals surface area contributed by atoms with Crippen molar-refractivity contribution >= 4 is 17.7 Å². The molecule has 11 heavy (non-hydrogen) atoms. The first kappa shape index (κ1) is 10.8. The molecule has 0 aliphatic heterocycles. The molecule has 0 heterocycles. The average Bonchev–Trinajstić information content (AvgIpc) is 1.87. The molecule has 66 valence electrons. The lowest BCUT2D eigenvalue weighted by Crippen LogP contribution is -2.18. The molecular weight excluding hydrogens is 164 g/mol. The first-order valence-corrected chi connectivity index (χ1v) is 4.65. The van der Waals surface area contributed by atoms with Gasteiger partial charge in [0.15, 0.2) is 0 Å². The van der Waals surface area contributed by atoms with E-state index < -0.39 is 12.1 Å². The van der Waals surface area contributed by atoms with Crippen LogP contribution in [0.15, 0.2) is 0 Å². The second-order valence-electron chi connectivity index (χ2n) is 2.42. The Kier molecular flexibility index (Phi) is 5.32. The maximum atomic E-state index is 10.4. The Labute approximate surface area is 70.8 Å². The van der Waals surface area contributed by atoms with Crippen LogP contribution in [0.25, 0.3) is 0 Å². The Balaban J connectivity index is 3.61. The highest BCUT2D eigenvalue weighted by Gasteiger charge is 2.15. The van der Waals surface area contributed by atoms with Gasteiger partial charge < -0.3 is 10.2 Å². The van der Waals surface area contributed by atoms with E-state index in [-0.39, 0.29) is 5.25 Å². The highest BCUT2D eigenvalue weighted by molar-refractivity contribution is 8.00. The third-order valence-electron chi connectivity index (χ3n) is 1.18. The summed E-state index contributed by atoms with van der Waals surface area (Å²) < 4.78 is 0. The van der Waals surface area contributed by atoms with Gasteiger partial charge in [-0.25, -0.2) is 0 Å². The smallest absolute Gasteiger partial charge is 0.316 e. The van der Waals surface area contributed by atoms with E-state index in [2.05, 4.69) is 0 Å². The molecule has 0 amide bonds. The Morgan fingerprint density at radius 1 is 1.64 bits per heavy atom. The molecule has 0 aromatic rings. The number of carbonyl (C=O) groups is 1. The minimum Gasteiger partial charge on any atom is -0.480 e. The molecule has 0 aromatic carbocycles. The summed E-state index contributed by atoms with van der Waals surface area (Å²) in [5.74, 6) is -0.302. The zero-order valence-electron chi connectivity index (χ0n) is 6.78. The minimum absolute atomic E-state index is 0.371. The predicted octanol–water partition coefficient (Wildman–Crippen LogP) is 0.964. The lowest BCUT2D eigenvalue weighted by Gasteiger charge is -2.09. The number of thioether (sulfide) groups is 1. The van der Waals surface area contributed by atoms with Crippen LogP contribution in [0.4, 0.5) is 0 Å². The summed E-state index contributed by atoms with van der Waals surface area (Å²) in [6.07, 6.45) is 0.181. The Morgan fingerprint density at radius 3 is 2.45 bits per heavy atom. The van der Waals surface area contributed by atoms with Gasteiger partial charge in [-0.3, -0.25) is 4.79 Å². The fraction of sp³-hybridized carbons (Fsp3) is 0.857. The summed E-state index contributed by atoms with van der Waals surface area (Å²) in [4.78, 5) is 10.4. The summed E-state index contributed by atoms with van der Waals surface area (Å²) in [6, 6.07) is 0. The number of aliphatic hydroxyl groups excluding tert-OH is 1. The van der Waals surface area contributed by atoms with Gasteiger partial charge in [0.25, 0.3) is 0 Å². The predicted molar refractivity (Wildman–Crippen MR) is 45.9 cm³/mol. The number of carboxylic acid groups (broad SMARTS) is 1. The van der Waals surface area contributed by atoms with Crippen LogP contribution in [0.3, 0.4) is 0 Å². The van der Waals surface area contributed by atoms with Crippen molar-refractivity contribution in [1.82, 2.24) is 0 Å². The van der Waals surface area contributed by atoms with E-state index in [1.807, 2.05) is 6.92 Å². The van der Waals surface area contributed by atoms with Crippen LogP contribution < -0.4 is 0 Å². The van der Waals surface area contributed by atoms with Crippen molar-refractivity contribution in [2.45, 2.75) is 31.6 Å². The van der Waals surface area contributed by atoms with Crippen molar-refractivity contribution in [2.75, 3.05) is 5.75 Å². The third-order valence-corrected chi connectivity index (χ3v) is 2.80. The second-order valence-corrected chi connectivity index (χ2v) is 3.65. The van der Waals surface area contributed by atoms with Gasteiger partial charge in [-0.15, -0.1) is 11.8 Å². The normalized spacial score (nSPS) is 15.9. The second kappa shape index (κ2) is 5.43. The molecule has 0 saturated heterocycles. The van der Waals surface area contributed by atoms with Crippen LogP contribution in [0.5, 0.6) is 0 Å². The summed E-state index contributed by atoms with van der Waals surface area (Å²) in [6.45, 7) is 3.48. The Morgan fingerprint density at radius 2 is 2.18 bits per heavy atom. The quantitative estimate of drug-likeness (QED) is 0.658. The van der Waals surface area contributed by atoms with E-state index in [0.29, 0.717) is 12.2 Å². The van der Waals surface area contributed by atoms with E-state index in [9.17, 15) is 4.79 Å². The molecule has 4 heteroatoms. The minimum atomic E-state index is -0.793. The third kappa shape index (κ3) is 5.09. The highest BCUT2D eigenvalue weighted by Crippen LogP contribution is 2.15. The number of carboxylic acids is 1. The van der Waals surface area contributed by atoms with Crippen LogP contribution in [0.2, 0.25) is 0 Å². The fourth-order valence-electron chi connectivity index (χ4n) is 0.619. The lowest BCUT2D eigenvalue weighted by atomic mass is 10.3. The van der Waals surface area contributed by atoms with Gasteiger partial charge in [-0.05, 0) is 13.3 Å². The van der Waals surface area contributed by atoms with Gasteiger partial charge in [-0.1, -0.05) is 6.92 Å². The Hall–Kier alpha value is -0.220. The number of aliphatic carboxylic acids is 1. The molecule has 0 aliphatic rings. The standard InChI is InChI=1S/C7H14O3S/c1-3-6(7(9)10)11-4-5(2)8/h5-6,8H,3-4H2,1-2H3,(H,9,10). The van der Waals surface area contributed by atoms with Gasteiger partial charge in [0.05, 0.1) is 6.10 Å². The van der Waals surface area contributed by atoms with Crippen molar-refractivity contribution in [2.24, 2.45) is 0 Å². The highest BCUT2D eigenvalue weighted by atomic mass is 32.2. The van der Waals surface area contributed by atoms with Crippen molar-refractivity contribution < 1.29 is 15.0 Å². The first-order valence-electron chi connectivity index (χ1n) is 3.60.